The van der Waals surface area contributed by atoms with Gasteiger partial charge in [0.1, 0.15) is 0 Å². The average molecular weight is 533 g/mol. The zero-order valence-corrected chi connectivity index (χ0v) is 20.1. The van der Waals surface area contributed by atoms with E-state index in [1.807, 2.05) is 0 Å². The van der Waals surface area contributed by atoms with Crippen molar-refractivity contribution < 1.29 is 29.7 Å². The summed E-state index contributed by atoms with van der Waals surface area (Å²) in [5, 5.41) is 27.7. The van der Waals surface area contributed by atoms with Crippen LogP contribution in [0.1, 0.15) is 47.8 Å². The zero-order chi connectivity index (χ0) is 28.0. The fourth-order valence-corrected chi connectivity index (χ4v) is 3.96. The number of guanidine groups is 3. The van der Waals surface area contributed by atoms with Crippen molar-refractivity contribution in [3.63, 3.8) is 0 Å². The predicted octanol–water partition coefficient (Wildman–Crippen LogP) is 2.83. The summed E-state index contributed by atoms with van der Waals surface area (Å²) in [6, 6.07) is 18.0. The fourth-order valence-electron chi connectivity index (χ4n) is 3.96. The van der Waals surface area contributed by atoms with Crippen LogP contribution < -0.4 is 0 Å². The lowest BCUT2D eigenvalue weighted by Crippen LogP contribution is -2.48. The molecule has 3 heterocycles. The third-order valence-corrected chi connectivity index (χ3v) is 6.01. The van der Waals surface area contributed by atoms with Gasteiger partial charge in [0.15, 0.2) is 17.5 Å². The second-order valence-electron chi connectivity index (χ2n) is 8.52. The Morgan fingerprint density at radius 2 is 0.675 bits per heavy atom. The molecule has 13 heteroatoms. The number of benzene rings is 3. The number of aromatic carboxylic acids is 3. The van der Waals surface area contributed by atoms with Gasteiger partial charge < -0.3 is 15.3 Å². The molecule has 0 spiro atoms. The Bertz CT molecular complexity index is 1590. The molecule has 194 valence electrons. The highest BCUT2D eigenvalue weighted by atomic mass is 16.4. The molecule has 0 unspecified atom stereocenters. The zero-order valence-electron chi connectivity index (χ0n) is 20.1. The highest BCUT2D eigenvalue weighted by Crippen LogP contribution is 2.23. The van der Waals surface area contributed by atoms with Crippen molar-refractivity contribution in [3.8, 4) is 0 Å². The first kappa shape index (κ1) is 24.2. The molecule has 6 rings (SSSR count). The van der Waals surface area contributed by atoms with Crippen LogP contribution in [0.15, 0.2) is 103 Å². The van der Waals surface area contributed by atoms with E-state index in [0.29, 0.717) is 16.7 Å². The first-order valence-corrected chi connectivity index (χ1v) is 11.6. The van der Waals surface area contributed by atoms with Crippen molar-refractivity contribution in [2.45, 2.75) is 0 Å². The summed E-state index contributed by atoms with van der Waals surface area (Å²) in [5.41, 5.74) is 1.84. The van der Waals surface area contributed by atoms with Gasteiger partial charge in [0.25, 0.3) is 0 Å². The maximum absolute atomic E-state index is 11.3. The predicted molar refractivity (Wildman–Crippen MR) is 144 cm³/mol. The van der Waals surface area contributed by atoms with Crippen LogP contribution in [-0.2, 0) is 0 Å². The van der Waals surface area contributed by atoms with Gasteiger partial charge in [-0.1, -0.05) is 36.4 Å². The van der Waals surface area contributed by atoms with E-state index in [1.165, 1.54) is 41.3 Å². The smallest absolute Gasteiger partial charge is 0.335 e. The second-order valence-corrected chi connectivity index (χ2v) is 8.52. The van der Waals surface area contributed by atoms with E-state index in [1.54, 1.807) is 36.4 Å². The SMILES string of the molecule is O=C(O)c1ccc(C2=NC3=NC(c4ccc(C(=O)O)cc4)=NC4=NC(c5ccc(C(=O)O)cc5)=NC(=N2)N34)cc1. The number of carboxylic acids is 3. The molecule has 0 saturated heterocycles. The van der Waals surface area contributed by atoms with Crippen molar-refractivity contribution in [1.82, 2.24) is 4.90 Å². The van der Waals surface area contributed by atoms with Crippen molar-refractivity contribution in [1.29, 1.82) is 0 Å². The van der Waals surface area contributed by atoms with Crippen LogP contribution in [0.25, 0.3) is 0 Å². The lowest BCUT2D eigenvalue weighted by Gasteiger charge is -2.30. The standard InChI is InChI=1S/C27H15N7O6/c35-22(36)16-7-1-13(2-8-16)19-28-25-30-20(14-3-9-17(10-4-14)23(37)38)32-27-33-21(31-26(29-19)34(25)27)15-5-11-18(12-6-15)24(39)40/h1-12H,(H,35,36)(H,37,38)(H,39,40). The molecule has 0 aliphatic carbocycles. The van der Waals surface area contributed by atoms with E-state index in [2.05, 4.69) is 30.0 Å². The van der Waals surface area contributed by atoms with E-state index < -0.39 is 17.9 Å². The second kappa shape index (κ2) is 9.33. The van der Waals surface area contributed by atoms with Gasteiger partial charge in [0.05, 0.1) is 16.7 Å². The average Bonchev–Trinajstić information content (AvgIpc) is 2.97. The molecule has 3 aromatic carbocycles. The molecule has 0 amide bonds. The Balaban J connectivity index is 1.48. The molecule has 0 saturated carbocycles. The monoisotopic (exact) mass is 533 g/mol. The summed E-state index contributed by atoms with van der Waals surface area (Å²) >= 11 is 0. The molecular formula is C27H15N7O6. The topological polar surface area (TPSA) is 189 Å². The lowest BCUT2D eigenvalue weighted by atomic mass is 10.1. The van der Waals surface area contributed by atoms with Crippen molar-refractivity contribution >= 4 is 53.3 Å². The van der Waals surface area contributed by atoms with Crippen LogP contribution in [0, 0.1) is 0 Å². The maximum Gasteiger partial charge on any atom is 0.335 e. The molecule has 0 fully saturated rings. The van der Waals surface area contributed by atoms with Gasteiger partial charge >= 0.3 is 17.9 Å². The molecular weight excluding hydrogens is 518 g/mol. The number of amidine groups is 3. The number of rotatable bonds is 6. The Morgan fingerprint density at radius 3 is 0.900 bits per heavy atom. The lowest BCUT2D eigenvalue weighted by molar-refractivity contribution is 0.0686. The van der Waals surface area contributed by atoms with Crippen molar-refractivity contribution in [3.05, 3.63) is 106 Å². The van der Waals surface area contributed by atoms with Crippen LogP contribution in [0.4, 0.5) is 0 Å². The molecule has 0 atom stereocenters. The Labute approximate surface area is 224 Å². The van der Waals surface area contributed by atoms with E-state index in [9.17, 15) is 29.7 Å². The number of carboxylic acid groups (broad SMARTS) is 3. The number of aliphatic imine (C=N–C) groups is 6. The van der Waals surface area contributed by atoms with Crippen LogP contribution in [0.3, 0.4) is 0 Å². The molecule has 3 N–H and O–H groups in total. The van der Waals surface area contributed by atoms with Gasteiger partial charge in [-0.2, -0.15) is 30.0 Å². The molecule has 0 aromatic heterocycles. The maximum atomic E-state index is 11.3. The van der Waals surface area contributed by atoms with E-state index in [4.69, 9.17) is 0 Å². The van der Waals surface area contributed by atoms with Gasteiger partial charge in [-0.05, 0) is 36.4 Å². The van der Waals surface area contributed by atoms with Gasteiger partial charge in [-0.25, -0.2) is 19.3 Å². The van der Waals surface area contributed by atoms with Crippen LogP contribution in [0.5, 0.6) is 0 Å². The summed E-state index contributed by atoms with van der Waals surface area (Å²) in [5.74, 6) is -2.11. The van der Waals surface area contributed by atoms with Crippen LogP contribution >= 0.6 is 0 Å². The summed E-state index contributed by atoms with van der Waals surface area (Å²) in [7, 11) is 0. The number of hydrogen-bond acceptors (Lipinski definition) is 10. The Kier molecular flexibility index (Phi) is 5.65. The van der Waals surface area contributed by atoms with Gasteiger partial charge in [-0.3, -0.25) is 0 Å². The molecule has 3 aromatic rings. The molecule has 13 nitrogen and oxygen atoms in total. The Hall–Kier alpha value is -6.11. The van der Waals surface area contributed by atoms with E-state index in [-0.39, 0.29) is 52.1 Å². The summed E-state index contributed by atoms with van der Waals surface area (Å²) < 4.78 is 0. The van der Waals surface area contributed by atoms with Crippen LogP contribution in [-0.4, -0.2) is 73.5 Å². The van der Waals surface area contributed by atoms with E-state index in [0.717, 1.165) is 0 Å². The quantitative estimate of drug-likeness (QED) is 0.434. The highest BCUT2D eigenvalue weighted by molar-refractivity contribution is 6.34. The normalized spacial score (nSPS) is 15.4. The molecule has 3 aliphatic heterocycles. The first-order chi connectivity index (χ1) is 19.3. The summed E-state index contributed by atoms with van der Waals surface area (Å²) in [6.07, 6.45) is 0. The number of hydrogen-bond donors (Lipinski definition) is 3. The Morgan fingerprint density at radius 1 is 0.425 bits per heavy atom. The number of carbonyl (C=O) groups is 3. The fraction of sp³-hybridized carbons (Fsp3) is 0. The summed E-state index contributed by atoms with van der Waals surface area (Å²) in [6.45, 7) is 0. The highest BCUT2D eigenvalue weighted by Gasteiger charge is 2.35. The van der Waals surface area contributed by atoms with Gasteiger partial charge in [-0.15, -0.1) is 0 Å². The molecule has 0 radical (unpaired) electrons. The van der Waals surface area contributed by atoms with Crippen molar-refractivity contribution in [2.75, 3.05) is 0 Å². The third-order valence-electron chi connectivity index (χ3n) is 6.01. The van der Waals surface area contributed by atoms with Crippen LogP contribution in [0.2, 0.25) is 0 Å². The van der Waals surface area contributed by atoms with Gasteiger partial charge in [0.2, 0.25) is 17.9 Å². The first-order valence-electron chi connectivity index (χ1n) is 11.6. The van der Waals surface area contributed by atoms with E-state index >= 15 is 0 Å². The van der Waals surface area contributed by atoms with Crippen molar-refractivity contribution in [2.24, 2.45) is 30.0 Å². The number of nitrogens with zero attached hydrogens (tertiary/aromatic N) is 7. The largest absolute Gasteiger partial charge is 0.478 e. The summed E-state index contributed by atoms with van der Waals surface area (Å²) in [4.78, 5) is 62.6. The molecule has 40 heavy (non-hydrogen) atoms. The third kappa shape index (κ3) is 4.32. The van der Waals surface area contributed by atoms with Gasteiger partial charge in [0, 0.05) is 16.7 Å². The minimum atomic E-state index is -1.07. The molecule has 0 bridgehead atoms. The minimum absolute atomic E-state index is 0.0980. The minimum Gasteiger partial charge on any atom is -0.478 e. The molecule has 3 aliphatic rings.